The molecule has 2 aliphatic heterocycles. The number of anilines is 6. The van der Waals surface area contributed by atoms with Crippen LogP contribution in [-0.4, -0.2) is 15.8 Å². The molecule has 0 unspecified atom stereocenters. The summed E-state index contributed by atoms with van der Waals surface area (Å²) in [6.45, 7) is 28.5. The van der Waals surface area contributed by atoms with Gasteiger partial charge in [-0.05, 0) is 234 Å². The van der Waals surface area contributed by atoms with Crippen LogP contribution in [0.4, 0.5) is 34.1 Å². The van der Waals surface area contributed by atoms with Gasteiger partial charge in [-0.2, -0.15) is 0 Å². The van der Waals surface area contributed by atoms with Gasteiger partial charge in [0.1, 0.15) is 0 Å². The molecule has 4 nitrogen and oxygen atoms in total. The minimum atomic E-state index is -1.99. The highest BCUT2D eigenvalue weighted by Crippen LogP contribution is 2.52. The van der Waals surface area contributed by atoms with Crippen molar-refractivity contribution in [2.45, 2.75) is 136 Å². The topological polar surface area (TPSA) is 16.3 Å². The first-order chi connectivity index (χ1) is 55.5. The Morgan fingerprint density at radius 1 is 0.250 bits per heavy atom. The average molecular weight is 1420 g/mol. The van der Waals surface area contributed by atoms with Gasteiger partial charge in [0, 0.05) is 80.5 Å². The van der Waals surface area contributed by atoms with E-state index >= 15 is 0 Å². The highest BCUT2D eigenvalue weighted by molar-refractivity contribution is 7.00. The van der Waals surface area contributed by atoms with E-state index in [2.05, 4.69) is 201 Å². The van der Waals surface area contributed by atoms with E-state index in [1.807, 2.05) is 201 Å². The molecule has 2 aromatic heterocycles. The number of benzene rings is 13. The molecule has 0 saturated carbocycles. The van der Waals surface area contributed by atoms with Crippen molar-refractivity contribution in [3.63, 3.8) is 0 Å². The fourth-order valence-corrected chi connectivity index (χ4v) is 16.7. The van der Waals surface area contributed by atoms with Crippen LogP contribution in [0.5, 0.6) is 0 Å². The van der Waals surface area contributed by atoms with Crippen LogP contribution in [0.2, 0.25) is 0 Å². The highest BCUT2D eigenvalue weighted by atomic mass is 15.2. The second-order valence-electron chi connectivity index (χ2n) is 34.9. The third-order valence-corrected chi connectivity index (χ3v) is 20.5. The van der Waals surface area contributed by atoms with Gasteiger partial charge >= 0.3 is 0 Å². The van der Waals surface area contributed by atoms with Crippen molar-refractivity contribution in [3.8, 4) is 55.9 Å². The summed E-state index contributed by atoms with van der Waals surface area (Å²) in [5.41, 5.74) is 19.1. The summed E-state index contributed by atoms with van der Waals surface area (Å²) >= 11 is 0. The van der Waals surface area contributed by atoms with Gasteiger partial charge in [0.05, 0.1) is 33.4 Å². The molecule has 0 radical (unpaired) electrons. The van der Waals surface area contributed by atoms with Gasteiger partial charge in [0.2, 0.25) is 0 Å². The summed E-state index contributed by atoms with van der Waals surface area (Å²) < 4.78 is 104. The van der Waals surface area contributed by atoms with Crippen molar-refractivity contribution in [1.82, 2.24) is 9.13 Å². The molecule has 15 aromatic rings. The van der Waals surface area contributed by atoms with Crippen molar-refractivity contribution >= 4 is 101 Å². The first-order valence-corrected chi connectivity index (χ1v) is 38.3. The first-order valence-electron chi connectivity index (χ1n) is 43.3. The van der Waals surface area contributed by atoms with Crippen molar-refractivity contribution in [3.05, 3.63) is 307 Å². The first kappa shape index (κ1) is 59.2. The molecule has 0 spiro atoms. The fourth-order valence-electron chi connectivity index (χ4n) is 16.7. The maximum Gasteiger partial charge on any atom is 0.252 e. The van der Waals surface area contributed by atoms with E-state index in [0.29, 0.717) is 27.8 Å². The molecular weight excluding hydrogens is 1300 g/mol. The third kappa shape index (κ3) is 13.5. The van der Waals surface area contributed by atoms with Crippen LogP contribution < -0.4 is 26.2 Å². The van der Waals surface area contributed by atoms with Crippen LogP contribution in [-0.2, 0) is 31.9 Å². The standard InChI is InChI=1S/C103H101BN4/c1-99(2,3)62-67-36-48-88-82(52-67)83-53-68(63-100(4,5)6)37-49-89(83)105(88)78-42-46-86-94(60-78)107(92-58-76(72-28-20-16-21-29-72)40-44-80(92)74-32-24-18-25-33-74)96-56-71(66-103(13,14)15)57-97-98(96)104(86)87-47-43-79(61-95(87)108(97)93-59-77(73-30-22-17-23-31-73)41-45-81(93)75-34-26-19-27-35-75)106-90-50-38-69(64-101(7,8)9)54-84(90)85-55-70(39-51-91(85)106)65-102(10,11)12/h16-61H,62-66H2,1-15H3/i62D2,63D2,64D2,65D2,66D2. The molecule has 2 aliphatic rings. The molecule has 0 atom stereocenters. The zero-order valence-electron chi connectivity index (χ0n) is 74.9. The summed E-state index contributed by atoms with van der Waals surface area (Å²) in [7, 11) is 0. The highest BCUT2D eigenvalue weighted by Gasteiger charge is 2.45. The van der Waals surface area contributed by atoms with E-state index in [1.54, 1.807) is 0 Å². The number of rotatable bonds is 13. The molecule has 0 N–H and O–H groups in total. The van der Waals surface area contributed by atoms with E-state index < -0.39 is 65.7 Å². The number of hydrogen-bond acceptors (Lipinski definition) is 2. The molecule has 0 aliphatic carbocycles. The second-order valence-corrected chi connectivity index (χ2v) is 34.9. The Hall–Kier alpha value is -10.9. The predicted molar refractivity (Wildman–Crippen MR) is 467 cm³/mol. The van der Waals surface area contributed by atoms with E-state index in [9.17, 15) is 13.7 Å². The van der Waals surface area contributed by atoms with Gasteiger partial charge in [0.25, 0.3) is 6.71 Å². The van der Waals surface area contributed by atoms with Crippen LogP contribution in [0.3, 0.4) is 0 Å². The maximum absolute atomic E-state index is 10.8. The molecule has 536 valence electrons. The largest absolute Gasteiger partial charge is 0.311 e. The lowest BCUT2D eigenvalue weighted by Gasteiger charge is -2.45. The summed E-state index contributed by atoms with van der Waals surface area (Å²) in [5.74, 6) is 0. The smallest absolute Gasteiger partial charge is 0.252 e. The molecule has 0 fully saturated rings. The molecule has 0 bridgehead atoms. The molecular formula is C103H101BN4. The average Bonchev–Trinajstić information content (AvgIpc) is 0.703. The molecule has 108 heavy (non-hydrogen) atoms. The quantitative estimate of drug-likeness (QED) is 0.107. The summed E-state index contributed by atoms with van der Waals surface area (Å²) in [6.07, 6.45) is -9.02. The van der Waals surface area contributed by atoms with Crippen LogP contribution in [0, 0.1) is 27.1 Å². The van der Waals surface area contributed by atoms with Crippen LogP contribution in [0.1, 0.15) is 145 Å². The van der Waals surface area contributed by atoms with Crippen LogP contribution >= 0.6 is 0 Å². The normalized spacial score (nSPS) is 15.3. The minimum Gasteiger partial charge on any atom is -0.311 e. The Morgan fingerprint density at radius 3 is 0.852 bits per heavy atom. The van der Waals surface area contributed by atoms with Crippen LogP contribution in [0.25, 0.3) is 99.5 Å². The van der Waals surface area contributed by atoms with Gasteiger partial charge < -0.3 is 18.9 Å². The summed E-state index contributed by atoms with van der Waals surface area (Å²) in [4.78, 5) is 4.82. The molecule has 17 rings (SSSR count). The van der Waals surface area contributed by atoms with Crippen molar-refractivity contribution in [1.29, 1.82) is 0 Å². The van der Waals surface area contributed by atoms with E-state index in [4.69, 9.17) is 0 Å². The SMILES string of the molecule is [2H]C([2H])(c1cc2c3c(c1)N(c1cc(-c4ccccc4)ccc1-c1ccccc1)c1cc(-n4c5ccc(C([2H])([2H])C(C)(C)C)cc5c5cc(C([2H])([2H])C(C)(C)C)ccc54)ccc1B3c1ccc(-n3c4ccc(C([2H])([2H])C(C)(C)C)cc4c4cc(C([2H])([2H])C(C)(C)C)ccc43)cc1N2c1cc(-c2ccccc2)ccc1-c1ccccc1)C(C)(C)C. The second kappa shape index (κ2) is 26.5. The van der Waals surface area contributed by atoms with Gasteiger partial charge in [-0.3, -0.25) is 0 Å². The third-order valence-electron chi connectivity index (χ3n) is 20.5. The Balaban J connectivity index is 1.03. The Bertz CT molecular complexity index is 5960. The van der Waals surface area contributed by atoms with Gasteiger partial charge in [-0.25, -0.2) is 0 Å². The Labute approximate surface area is 655 Å². The molecule has 4 heterocycles. The fraction of sp³-hybridized carbons (Fsp3) is 0.243. The maximum atomic E-state index is 10.8. The molecule has 0 saturated heterocycles. The lowest BCUT2D eigenvalue weighted by Crippen LogP contribution is -2.61. The van der Waals surface area contributed by atoms with Gasteiger partial charge in [0.15, 0.2) is 0 Å². The molecule has 0 amide bonds. The molecule has 5 heteroatoms. The van der Waals surface area contributed by atoms with Crippen molar-refractivity contribution < 1.29 is 13.7 Å². The monoisotopic (exact) mass is 1410 g/mol. The summed E-state index contributed by atoms with van der Waals surface area (Å²) in [6, 6.07) is 96.9. The predicted octanol–water partition coefficient (Wildman–Crippen LogP) is 26.6. The number of hydrogen-bond donors (Lipinski definition) is 0. The number of nitrogens with zero attached hydrogens (tertiary/aromatic N) is 4. The lowest BCUT2D eigenvalue weighted by atomic mass is 9.33. The zero-order chi connectivity index (χ0) is 83.9. The Morgan fingerprint density at radius 2 is 0.546 bits per heavy atom. The zero-order valence-corrected chi connectivity index (χ0v) is 64.9. The van der Waals surface area contributed by atoms with E-state index in [-0.39, 0.29) is 0 Å². The van der Waals surface area contributed by atoms with E-state index in [0.717, 1.165) is 150 Å². The van der Waals surface area contributed by atoms with Crippen molar-refractivity contribution in [2.24, 2.45) is 27.1 Å². The summed E-state index contributed by atoms with van der Waals surface area (Å²) in [5, 5.41) is 3.15. The molecule has 13 aromatic carbocycles. The van der Waals surface area contributed by atoms with Gasteiger partial charge in [-0.1, -0.05) is 286 Å². The lowest BCUT2D eigenvalue weighted by molar-refractivity contribution is 0.411. The van der Waals surface area contributed by atoms with Gasteiger partial charge in [-0.15, -0.1) is 0 Å². The minimum absolute atomic E-state index is 0.473. The van der Waals surface area contributed by atoms with E-state index in [1.165, 1.54) is 0 Å². The van der Waals surface area contributed by atoms with Crippen molar-refractivity contribution in [2.75, 3.05) is 9.80 Å². The number of aromatic nitrogens is 2. The Kier molecular flexibility index (Phi) is 14.5. The van der Waals surface area contributed by atoms with Crippen LogP contribution in [0.15, 0.2) is 279 Å². The number of fused-ring (bicyclic) bond motifs is 10.